The van der Waals surface area contributed by atoms with Gasteiger partial charge in [0.05, 0.1) is 11.8 Å². The van der Waals surface area contributed by atoms with Crippen molar-refractivity contribution < 1.29 is 23.9 Å². The zero-order chi connectivity index (χ0) is 24.7. The highest BCUT2D eigenvalue weighted by atomic mass is 16.5. The Hall–Kier alpha value is -3.48. The molecular formula is C28H30N2O5. The lowest BCUT2D eigenvalue weighted by atomic mass is 9.81. The molecule has 2 aliphatic carbocycles. The molecule has 7 heteroatoms. The van der Waals surface area contributed by atoms with Gasteiger partial charge in [-0.25, -0.2) is 4.79 Å². The molecule has 2 bridgehead atoms. The first-order valence-corrected chi connectivity index (χ1v) is 12.3. The Labute approximate surface area is 204 Å². The van der Waals surface area contributed by atoms with Gasteiger partial charge in [-0.05, 0) is 62.1 Å². The Morgan fingerprint density at radius 3 is 2.29 bits per heavy atom. The number of imide groups is 1. The number of hydrogen-bond donors (Lipinski definition) is 1. The summed E-state index contributed by atoms with van der Waals surface area (Å²) in [5.74, 6) is -1.92. The van der Waals surface area contributed by atoms with Crippen molar-refractivity contribution in [3.63, 3.8) is 0 Å². The van der Waals surface area contributed by atoms with Crippen LogP contribution < -0.4 is 5.32 Å². The summed E-state index contributed by atoms with van der Waals surface area (Å²) in [6.45, 7) is 3.36. The number of benzene rings is 2. The van der Waals surface area contributed by atoms with E-state index < -0.39 is 24.5 Å². The van der Waals surface area contributed by atoms with Crippen LogP contribution in [-0.4, -0.2) is 41.2 Å². The highest BCUT2D eigenvalue weighted by Crippen LogP contribution is 2.56. The first-order valence-electron chi connectivity index (χ1n) is 12.3. The number of likely N-dealkylation sites (tertiary alicyclic amines) is 1. The number of fused-ring (bicyclic) bond motifs is 5. The van der Waals surface area contributed by atoms with Gasteiger partial charge in [-0.3, -0.25) is 19.3 Å². The van der Waals surface area contributed by atoms with Gasteiger partial charge in [-0.15, -0.1) is 0 Å². The topological polar surface area (TPSA) is 92.8 Å². The van der Waals surface area contributed by atoms with Crippen LogP contribution in [0.5, 0.6) is 0 Å². The van der Waals surface area contributed by atoms with E-state index in [9.17, 15) is 19.2 Å². The Morgan fingerprint density at radius 1 is 1.00 bits per heavy atom. The molecule has 1 N–H and O–H groups in total. The number of esters is 1. The van der Waals surface area contributed by atoms with Gasteiger partial charge in [0.2, 0.25) is 11.8 Å². The fraction of sp³-hybridized carbons (Fsp3) is 0.429. The molecule has 182 valence electrons. The van der Waals surface area contributed by atoms with Crippen LogP contribution in [-0.2, 0) is 30.3 Å². The number of rotatable bonds is 7. The summed E-state index contributed by atoms with van der Waals surface area (Å²) >= 11 is 0. The number of nitrogens with zero attached hydrogens (tertiary/aromatic N) is 1. The summed E-state index contributed by atoms with van der Waals surface area (Å²) in [5.41, 5.74) is 3.44. The third-order valence-corrected chi connectivity index (χ3v) is 7.82. The summed E-state index contributed by atoms with van der Waals surface area (Å²) in [6.07, 6.45) is 3.01. The lowest BCUT2D eigenvalue weighted by molar-refractivity contribution is -0.160. The second kappa shape index (κ2) is 9.29. The average Bonchev–Trinajstić information content (AvgIpc) is 3.52. The first-order chi connectivity index (χ1) is 16.8. The number of carbonyl (C=O) groups excluding carboxylic acids is 4. The molecule has 1 aliphatic heterocycles. The maximum absolute atomic E-state index is 13.4. The van der Waals surface area contributed by atoms with Gasteiger partial charge in [0.25, 0.3) is 5.91 Å². The molecule has 3 fully saturated rings. The maximum Gasteiger partial charge on any atom is 0.330 e. The van der Waals surface area contributed by atoms with Gasteiger partial charge in [0.1, 0.15) is 6.04 Å². The van der Waals surface area contributed by atoms with Crippen LogP contribution in [0.1, 0.15) is 36.0 Å². The van der Waals surface area contributed by atoms with Gasteiger partial charge in [0, 0.05) is 12.1 Å². The van der Waals surface area contributed by atoms with Gasteiger partial charge < -0.3 is 10.1 Å². The Kier molecular flexibility index (Phi) is 6.17. The van der Waals surface area contributed by atoms with E-state index in [2.05, 4.69) is 5.32 Å². The minimum Gasteiger partial charge on any atom is -0.454 e. The van der Waals surface area contributed by atoms with Crippen LogP contribution >= 0.6 is 0 Å². The maximum atomic E-state index is 13.4. The van der Waals surface area contributed by atoms with Crippen molar-refractivity contribution in [2.75, 3.05) is 11.9 Å². The standard InChI is InChI=1S/C28H30N2O5/c1-16-8-11-21(17(2)12-16)29-23(31)15-35-28(34)22(13-18-6-4-3-5-7-18)30-26(32)24-19-9-10-20(14-19)25(24)27(30)33/h3-8,11-12,19-20,22,24-25H,9-10,13-15H2,1-2H3,(H,29,31)/t19-,20-,22-,24-,25-/m0/s1. The van der Waals surface area contributed by atoms with Gasteiger partial charge >= 0.3 is 5.97 Å². The molecular weight excluding hydrogens is 444 g/mol. The Bertz CT molecular complexity index is 1150. The Morgan fingerprint density at radius 2 is 1.66 bits per heavy atom. The van der Waals surface area contributed by atoms with Crippen LogP contribution in [0.2, 0.25) is 0 Å². The van der Waals surface area contributed by atoms with E-state index in [-0.39, 0.29) is 41.9 Å². The van der Waals surface area contributed by atoms with Crippen LogP contribution in [0.25, 0.3) is 0 Å². The minimum absolute atomic E-state index is 0.157. The fourth-order valence-corrected chi connectivity index (χ4v) is 6.23. The van der Waals surface area contributed by atoms with Gasteiger partial charge in [-0.2, -0.15) is 0 Å². The highest BCUT2D eigenvalue weighted by Gasteiger charge is 2.62. The monoisotopic (exact) mass is 474 g/mol. The molecule has 0 unspecified atom stereocenters. The molecule has 1 heterocycles. The van der Waals surface area contributed by atoms with Crippen molar-refractivity contribution in [1.82, 2.24) is 4.90 Å². The number of nitrogens with one attached hydrogen (secondary N) is 1. The van der Waals surface area contributed by atoms with E-state index in [1.54, 1.807) is 6.07 Å². The van der Waals surface area contributed by atoms with Gasteiger partial charge in [0.15, 0.2) is 6.61 Å². The molecule has 5 atom stereocenters. The smallest absolute Gasteiger partial charge is 0.330 e. The molecule has 5 rings (SSSR count). The average molecular weight is 475 g/mol. The van der Waals surface area contributed by atoms with Crippen molar-refractivity contribution in [3.8, 4) is 0 Å². The summed E-state index contributed by atoms with van der Waals surface area (Å²) in [7, 11) is 0. The minimum atomic E-state index is -1.09. The van der Waals surface area contributed by atoms with Crippen molar-refractivity contribution >= 4 is 29.4 Å². The van der Waals surface area contributed by atoms with E-state index in [1.165, 1.54) is 0 Å². The van der Waals surface area contributed by atoms with Crippen LogP contribution in [0.15, 0.2) is 48.5 Å². The summed E-state index contributed by atoms with van der Waals surface area (Å²) in [4.78, 5) is 53.7. The van der Waals surface area contributed by atoms with E-state index in [1.807, 2.05) is 56.3 Å². The number of ether oxygens (including phenoxy) is 1. The number of amides is 3. The quantitative estimate of drug-likeness (QED) is 0.490. The largest absolute Gasteiger partial charge is 0.454 e. The van der Waals surface area contributed by atoms with E-state index in [0.29, 0.717) is 5.69 Å². The van der Waals surface area contributed by atoms with Crippen molar-refractivity contribution in [3.05, 3.63) is 65.2 Å². The number of aryl methyl sites for hydroxylation is 2. The summed E-state index contributed by atoms with van der Waals surface area (Å²) in [5, 5.41) is 2.76. The highest BCUT2D eigenvalue weighted by molar-refractivity contribution is 6.08. The lowest BCUT2D eigenvalue weighted by Gasteiger charge is -2.26. The van der Waals surface area contributed by atoms with Crippen LogP contribution in [0.4, 0.5) is 5.69 Å². The SMILES string of the molecule is Cc1ccc(NC(=O)COC(=O)[C@H](Cc2ccccc2)N2C(=O)[C@H]3[C@H]4CC[C@@H](C4)[C@@H]3C2=O)c(C)c1. The summed E-state index contributed by atoms with van der Waals surface area (Å²) in [6, 6.07) is 13.8. The van der Waals surface area contributed by atoms with Crippen molar-refractivity contribution in [2.45, 2.75) is 45.6 Å². The fourth-order valence-electron chi connectivity index (χ4n) is 6.23. The van der Waals surface area contributed by atoms with Crippen LogP contribution in [0.3, 0.4) is 0 Å². The third kappa shape index (κ3) is 4.35. The molecule has 0 aromatic heterocycles. The molecule has 2 saturated carbocycles. The van der Waals surface area contributed by atoms with Crippen molar-refractivity contribution in [2.24, 2.45) is 23.7 Å². The molecule has 35 heavy (non-hydrogen) atoms. The molecule has 7 nitrogen and oxygen atoms in total. The predicted octanol–water partition coefficient (Wildman–Crippen LogP) is 3.43. The molecule has 1 saturated heterocycles. The zero-order valence-corrected chi connectivity index (χ0v) is 20.0. The van der Waals surface area contributed by atoms with Crippen LogP contribution in [0, 0.1) is 37.5 Å². The van der Waals surface area contributed by atoms with E-state index >= 15 is 0 Å². The molecule has 2 aromatic carbocycles. The molecule has 3 aliphatic rings. The number of carbonyl (C=O) groups is 4. The number of hydrogen-bond acceptors (Lipinski definition) is 5. The predicted molar refractivity (Wildman–Crippen MR) is 129 cm³/mol. The lowest BCUT2D eigenvalue weighted by Crippen LogP contribution is -2.48. The molecule has 2 aromatic rings. The van der Waals surface area contributed by atoms with E-state index in [0.717, 1.165) is 40.9 Å². The Balaban J connectivity index is 1.31. The molecule has 3 amide bonds. The second-order valence-electron chi connectivity index (χ2n) is 10.1. The normalized spacial score (nSPS) is 25.5. The molecule has 0 radical (unpaired) electrons. The first kappa shape index (κ1) is 23.3. The van der Waals surface area contributed by atoms with Crippen molar-refractivity contribution in [1.29, 1.82) is 0 Å². The molecule has 0 spiro atoms. The second-order valence-corrected chi connectivity index (χ2v) is 10.1. The zero-order valence-electron chi connectivity index (χ0n) is 20.0. The van der Waals surface area contributed by atoms with E-state index in [4.69, 9.17) is 4.74 Å². The van der Waals surface area contributed by atoms with Gasteiger partial charge in [-0.1, -0.05) is 48.0 Å². The third-order valence-electron chi connectivity index (χ3n) is 7.82. The summed E-state index contributed by atoms with van der Waals surface area (Å²) < 4.78 is 5.38. The number of anilines is 1.